The fraction of sp³-hybridized carbons (Fsp3) is 0.286. The van der Waals surface area contributed by atoms with Gasteiger partial charge in [0.25, 0.3) is 5.91 Å². The summed E-state index contributed by atoms with van der Waals surface area (Å²) in [6, 6.07) is 12.6. The summed E-state index contributed by atoms with van der Waals surface area (Å²) in [5, 5.41) is 2.92. The number of carbonyl (C=O) groups excluding carboxylic acids is 2. The summed E-state index contributed by atoms with van der Waals surface area (Å²) in [5.41, 5.74) is 15.0. The minimum absolute atomic E-state index is 0.0308. The molecule has 0 heterocycles. The number of amides is 1. The SMILES string of the molecule is COC(=O)CC1CCc2ccc(NC(=O)c3ccc(N=C(N)N)cc3)cc2C1. The standard InChI is InChI=1S/C21H24N4O3/c1-28-19(26)11-13-2-3-14-4-9-18(12-16(14)10-13)24-20(27)15-5-7-17(8-6-15)25-21(22)23/h4-9,12-13H,2-3,10-11H2,1H3,(H,24,27)(H4,22,23,25). The van der Waals surface area contributed by atoms with Crippen molar-refractivity contribution in [3.8, 4) is 0 Å². The van der Waals surface area contributed by atoms with Gasteiger partial charge in [0, 0.05) is 17.7 Å². The Morgan fingerprint density at radius 3 is 2.57 bits per heavy atom. The molecular weight excluding hydrogens is 356 g/mol. The average molecular weight is 380 g/mol. The number of hydrogen-bond donors (Lipinski definition) is 3. The Kier molecular flexibility index (Phi) is 5.93. The minimum Gasteiger partial charge on any atom is -0.469 e. The number of nitrogens with one attached hydrogen (secondary N) is 1. The molecule has 1 unspecified atom stereocenters. The number of esters is 1. The van der Waals surface area contributed by atoms with E-state index in [2.05, 4.69) is 10.3 Å². The highest BCUT2D eigenvalue weighted by Crippen LogP contribution is 2.30. The molecule has 7 nitrogen and oxygen atoms in total. The molecular formula is C21H24N4O3. The zero-order valence-electron chi connectivity index (χ0n) is 15.8. The number of rotatable bonds is 5. The van der Waals surface area contributed by atoms with Crippen molar-refractivity contribution in [1.29, 1.82) is 0 Å². The highest BCUT2D eigenvalue weighted by atomic mass is 16.5. The van der Waals surface area contributed by atoms with Gasteiger partial charge in [-0.05, 0) is 72.7 Å². The van der Waals surface area contributed by atoms with Gasteiger partial charge in [-0.15, -0.1) is 0 Å². The third-order valence-electron chi connectivity index (χ3n) is 4.87. The van der Waals surface area contributed by atoms with Crippen LogP contribution in [0.2, 0.25) is 0 Å². The number of benzene rings is 2. The van der Waals surface area contributed by atoms with Crippen molar-refractivity contribution in [2.24, 2.45) is 22.4 Å². The molecule has 2 aromatic carbocycles. The number of carbonyl (C=O) groups is 2. The lowest BCUT2D eigenvalue weighted by Gasteiger charge is -2.24. The topological polar surface area (TPSA) is 120 Å². The van der Waals surface area contributed by atoms with Gasteiger partial charge in [0.2, 0.25) is 0 Å². The predicted molar refractivity (Wildman–Crippen MR) is 108 cm³/mol. The Balaban J connectivity index is 1.68. The largest absolute Gasteiger partial charge is 0.469 e. The number of anilines is 1. The molecule has 1 aliphatic rings. The van der Waals surface area contributed by atoms with E-state index in [-0.39, 0.29) is 23.8 Å². The Bertz CT molecular complexity index is 902. The summed E-state index contributed by atoms with van der Waals surface area (Å²) in [4.78, 5) is 28.0. The second-order valence-corrected chi connectivity index (χ2v) is 6.91. The van der Waals surface area contributed by atoms with Crippen molar-refractivity contribution in [2.75, 3.05) is 12.4 Å². The lowest BCUT2D eigenvalue weighted by molar-refractivity contribution is -0.141. The molecule has 1 amide bonds. The second-order valence-electron chi connectivity index (χ2n) is 6.91. The summed E-state index contributed by atoms with van der Waals surface area (Å²) in [7, 11) is 1.41. The molecule has 0 aliphatic heterocycles. The lowest BCUT2D eigenvalue weighted by atomic mass is 9.82. The van der Waals surface area contributed by atoms with Crippen LogP contribution in [0.4, 0.5) is 11.4 Å². The minimum atomic E-state index is -0.210. The number of hydrogen-bond acceptors (Lipinski definition) is 4. The molecule has 1 atom stereocenters. The number of nitrogens with zero attached hydrogens (tertiary/aromatic N) is 1. The van der Waals surface area contributed by atoms with Crippen molar-refractivity contribution >= 4 is 29.2 Å². The Morgan fingerprint density at radius 1 is 1.14 bits per heavy atom. The van der Waals surface area contributed by atoms with Crippen LogP contribution in [-0.4, -0.2) is 24.9 Å². The van der Waals surface area contributed by atoms with Gasteiger partial charge in [-0.1, -0.05) is 6.07 Å². The first-order valence-electron chi connectivity index (χ1n) is 9.14. The van der Waals surface area contributed by atoms with Crippen LogP contribution < -0.4 is 16.8 Å². The molecule has 28 heavy (non-hydrogen) atoms. The molecule has 0 saturated heterocycles. The molecule has 3 rings (SSSR count). The van der Waals surface area contributed by atoms with Gasteiger partial charge in [-0.2, -0.15) is 0 Å². The first-order chi connectivity index (χ1) is 13.4. The fourth-order valence-electron chi connectivity index (χ4n) is 3.44. The number of ether oxygens (including phenoxy) is 1. The zero-order chi connectivity index (χ0) is 20.1. The van der Waals surface area contributed by atoms with Crippen LogP contribution in [-0.2, 0) is 22.4 Å². The van der Waals surface area contributed by atoms with E-state index in [0.29, 0.717) is 17.7 Å². The molecule has 0 bridgehead atoms. The summed E-state index contributed by atoms with van der Waals surface area (Å²) in [6.07, 6.45) is 3.13. The molecule has 0 aromatic heterocycles. The number of fused-ring (bicyclic) bond motifs is 1. The van der Waals surface area contributed by atoms with Crippen molar-refractivity contribution in [3.05, 3.63) is 59.2 Å². The molecule has 146 valence electrons. The van der Waals surface area contributed by atoms with Crippen LogP contribution in [0, 0.1) is 5.92 Å². The first kappa shape index (κ1) is 19.4. The van der Waals surface area contributed by atoms with Crippen LogP contribution in [0.15, 0.2) is 47.5 Å². The van der Waals surface area contributed by atoms with E-state index in [1.807, 2.05) is 18.2 Å². The van der Waals surface area contributed by atoms with Gasteiger partial charge in [-0.3, -0.25) is 9.59 Å². The van der Waals surface area contributed by atoms with Crippen LogP contribution in [0.25, 0.3) is 0 Å². The molecule has 0 spiro atoms. The number of guanidine groups is 1. The van der Waals surface area contributed by atoms with E-state index in [1.165, 1.54) is 18.2 Å². The number of nitrogens with two attached hydrogens (primary N) is 2. The van der Waals surface area contributed by atoms with E-state index in [9.17, 15) is 9.59 Å². The molecule has 2 aromatic rings. The summed E-state index contributed by atoms with van der Waals surface area (Å²) in [5.74, 6) is -0.147. The first-order valence-corrected chi connectivity index (χ1v) is 9.14. The summed E-state index contributed by atoms with van der Waals surface area (Å²) >= 11 is 0. The van der Waals surface area contributed by atoms with Gasteiger partial charge in [0.1, 0.15) is 0 Å². The molecule has 7 heteroatoms. The second kappa shape index (κ2) is 8.56. The average Bonchev–Trinajstić information content (AvgIpc) is 2.67. The molecule has 5 N–H and O–H groups in total. The Labute approximate surface area is 163 Å². The van der Waals surface area contributed by atoms with Gasteiger partial charge in [0.05, 0.1) is 12.8 Å². The lowest BCUT2D eigenvalue weighted by Crippen LogP contribution is -2.21. The van der Waals surface area contributed by atoms with Crippen LogP contribution in [0.1, 0.15) is 34.3 Å². The smallest absolute Gasteiger partial charge is 0.305 e. The van der Waals surface area contributed by atoms with Crippen molar-refractivity contribution in [3.63, 3.8) is 0 Å². The van der Waals surface area contributed by atoms with Crippen LogP contribution in [0.3, 0.4) is 0 Å². The highest BCUT2D eigenvalue weighted by molar-refractivity contribution is 6.04. The van der Waals surface area contributed by atoms with Crippen LogP contribution >= 0.6 is 0 Å². The van der Waals surface area contributed by atoms with E-state index in [4.69, 9.17) is 16.2 Å². The number of aliphatic imine (C=N–C) groups is 1. The van der Waals surface area contributed by atoms with E-state index in [0.717, 1.165) is 24.9 Å². The Hall–Kier alpha value is -3.35. The van der Waals surface area contributed by atoms with Gasteiger partial charge >= 0.3 is 5.97 Å². The predicted octanol–water partition coefficient (Wildman–Crippen LogP) is 2.51. The monoisotopic (exact) mass is 380 g/mol. The summed E-state index contributed by atoms with van der Waals surface area (Å²) in [6.45, 7) is 0. The fourth-order valence-corrected chi connectivity index (χ4v) is 3.44. The zero-order valence-corrected chi connectivity index (χ0v) is 15.8. The van der Waals surface area contributed by atoms with Gasteiger partial charge < -0.3 is 21.5 Å². The molecule has 1 aliphatic carbocycles. The highest BCUT2D eigenvalue weighted by Gasteiger charge is 2.22. The van der Waals surface area contributed by atoms with Gasteiger partial charge in [-0.25, -0.2) is 4.99 Å². The van der Waals surface area contributed by atoms with E-state index in [1.54, 1.807) is 24.3 Å². The van der Waals surface area contributed by atoms with Gasteiger partial charge in [0.15, 0.2) is 5.96 Å². The molecule has 0 saturated carbocycles. The van der Waals surface area contributed by atoms with E-state index < -0.39 is 0 Å². The normalized spacial score (nSPS) is 15.2. The maximum Gasteiger partial charge on any atom is 0.305 e. The Morgan fingerprint density at radius 2 is 1.89 bits per heavy atom. The molecule has 0 radical (unpaired) electrons. The van der Waals surface area contributed by atoms with Crippen molar-refractivity contribution in [2.45, 2.75) is 25.7 Å². The quantitative estimate of drug-likeness (QED) is 0.418. The van der Waals surface area contributed by atoms with E-state index >= 15 is 0 Å². The maximum absolute atomic E-state index is 12.5. The number of methoxy groups -OCH3 is 1. The van der Waals surface area contributed by atoms with Crippen molar-refractivity contribution < 1.29 is 14.3 Å². The maximum atomic E-state index is 12.5. The summed E-state index contributed by atoms with van der Waals surface area (Å²) < 4.78 is 4.78. The third-order valence-corrected chi connectivity index (χ3v) is 4.87. The number of aryl methyl sites for hydroxylation is 1. The third kappa shape index (κ3) is 4.88. The van der Waals surface area contributed by atoms with Crippen LogP contribution in [0.5, 0.6) is 0 Å². The molecule has 0 fully saturated rings. The van der Waals surface area contributed by atoms with Crippen molar-refractivity contribution in [1.82, 2.24) is 0 Å².